The first-order valence-electron chi connectivity index (χ1n) is 9.63. The van der Waals surface area contributed by atoms with E-state index in [0.717, 1.165) is 44.4 Å². The highest BCUT2D eigenvalue weighted by molar-refractivity contribution is 14.0. The van der Waals surface area contributed by atoms with Crippen molar-refractivity contribution in [2.75, 3.05) is 44.7 Å². The monoisotopic (exact) mass is 494 g/mol. The van der Waals surface area contributed by atoms with Crippen LogP contribution in [0.4, 0.5) is 5.69 Å². The van der Waals surface area contributed by atoms with Gasteiger partial charge in [-0.25, -0.2) is 0 Å². The van der Waals surface area contributed by atoms with Gasteiger partial charge in [0.05, 0.1) is 5.69 Å². The number of aromatic hydroxyl groups is 1. The average Bonchev–Trinajstić information content (AvgIpc) is 2.69. The number of aliphatic imine (C=N–C) groups is 1. The van der Waals surface area contributed by atoms with Gasteiger partial charge in [-0.1, -0.05) is 48.9 Å². The number of hydrogen-bond donors (Lipinski definition) is 2. The van der Waals surface area contributed by atoms with Gasteiger partial charge in [-0.05, 0) is 30.5 Å². The van der Waals surface area contributed by atoms with Crippen molar-refractivity contribution in [1.29, 1.82) is 0 Å². The Bertz CT molecular complexity index is 788. The molecule has 3 rings (SSSR count). The predicted octanol–water partition coefficient (Wildman–Crippen LogP) is 3.82. The van der Waals surface area contributed by atoms with Crippen molar-refractivity contribution in [3.8, 4) is 5.75 Å². The maximum absolute atomic E-state index is 10.1. The maximum Gasteiger partial charge on any atom is 0.193 e. The number of guanidine groups is 1. The molecular weight excluding hydrogens is 463 g/mol. The third kappa shape index (κ3) is 5.53. The molecule has 1 aliphatic heterocycles. The van der Waals surface area contributed by atoms with Crippen molar-refractivity contribution in [2.24, 2.45) is 4.99 Å². The molecule has 1 heterocycles. The first-order chi connectivity index (χ1) is 13.1. The Morgan fingerprint density at radius 2 is 1.82 bits per heavy atom. The minimum absolute atomic E-state index is 0. The van der Waals surface area contributed by atoms with Crippen LogP contribution in [0.15, 0.2) is 53.5 Å². The van der Waals surface area contributed by atoms with Crippen molar-refractivity contribution >= 4 is 35.6 Å². The van der Waals surface area contributed by atoms with E-state index >= 15 is 0 Å². The third-order valence-electron chi connectivity index (χ3n) is 5.19. The first-order valence-corrected chi connectivity index (χ1v) is 9.63. The second-order valence-electron chi connectivity index (χ2n) is 7.21. The summed E-state index contributed by atoms with van der Waals surface area (Å²) < 4.78 is 0. The zero-order valence-corrected chi connectivity index (χ0v) is 19.3. The molecule has 2 aromatic rings. The quantitative estimate of drug-likeness (QED) is 0.386. The van der Waals surface area contributed by atoms with Crippen LogP contribution in [-0.4, -0.2) is 55.7 Å². The number of halogens is 1. The molecule has 0 spiro atoms. The van der Waals surface area contributed by atoms with Crippen LogP contribution < -0.4 is 10.2 Å². The number of anilines is 1. The van der Waals surface area contributed by atoms with E-state index in [1.807, 2.05) is 25.2 Å². The Labute approximate surface area is 185 Å². The summed E-state index contributed by atoms with van der Waals surface area (Å²) in [6, 6.07) is 16.2. The molecule has 1 atom stereocenters. The van der Waals surface area contributed by atoms with Crippen LogP contribution in [0.3, 0.4) is 0 Å². The SMILES string of the molecule is CN=C(NCC(C)c1cccc(C)c1)N1CCN(c2ccccc2O)CC1.I. The lowest BCUT2D eigenvalue weighted by Gasteiger charge is -2.38. The molecule has 1 aliphatic rings. The lowest BCUT2D eigenvalue weighted by molar-refractivity contribution is 0.369. The summed E-state index contributed by atoms with van der Waals surface area (Å²) in [6.07, 6.45) is 0. The van der Waals surface area contributed by atoms with Crippen LogP contribution in [0.2, 0.25) is 0 Å². The standard InChI is InChI=1S/C22H30N4O.HI/c1-17-7-6-8-19(15-17)18(2)16-24-22(23-3)26-13-11-25(12-14-26)20-9-4-5-10-21(20)27;/h4-10,15,18,27H,11-14,16H2,1-3H3,(H,23,24);1H. The number of phenolic OH excluding ortho intramolecular Hbond substituents is 1. The molecule has 0 saturated carbocycles. The molecule has 1 unspecified atom stereocenters. The van der Waals surface area contributed by atoms with Crippen molar-refractivity contribution in [3.05, 3.63) is 59.7 Å². The van der Waals surface area contributed by atoms with Gasteiger partial charge in [0.15, 0.2) is 5.96 Å². The van der Waals surface area contributed by atoms with Gasteiger partial charge in [0.25, 0.3) is 0 Å². The minimum atomic E-state index is 0. The predicted molar refractivity (Wildman–Crippen MR) is 128 cm³/mol. The van der Waals surface area contributed by atoms with Crippen molar-refractivity contribution < 1.29 is 5.11 Å². The molecule has 0 aromatic heterocycles. The molecule has 5 nitrogen and oxygen atoms in total. The fraction of sp³-hybridized carbons (Fsp3) is 0.409. The summed E-state index contributed by atoms with van der Waals surface area (Å²) >= 11 is 0. The maximum atomic E-state index is 10.1. The average molecular weight is 494 g/mol. The molecule has 1 saturated heterocycles. The van der Waals surface area contributed by atoms with E-state index in [4.69, 9.17) is 0 Å². The van der Waals surface area contributed by atoms with E-state index in [-0.39, 0.29) is 24.0 Å². The van der Waals surface area contributed by atoms with Gasteiger partial charge in [0.2, 0.25) is 0 Å². The van der Waals surface area contributed by atoms with Gasteiger partial charge < -0.3 is 20.2 Å². The zero-order chi connectivity index (χ0) is 19.2. The number of hydrogen-bond acceptors (Lipinski definition) is 3. The molecule has 2 aromatic carbocycles. The van der Waals surface area contributed by atoms with E-state index in [9.17, 15) is 5.11 Å². The summed E-state index contributed by atoms with van der Waals surface area (Å²) in [7, 11) is 1.84. The lowest BCUT2D eigenvalue weighted by Crippen LogP contribution is -2.53. The molecule has 28 heavy (non-hydrogen) atoms. The van der Waals surface area contributed by atoms with Crippen molar-refractivity contribution in [2.45, 2.75) is 19.8 Å². The van der Waals surface area contributed by atoms with Crippen LogP contribution in [0, 0.1) is 6.92 Å². The molecule has 152 valence electrons. The van der Waals surface area contributed by atoms with Gasteiger partial charge in [-0.15, -0.1) is 24.0 Å². The molecular formula is C22H31IN4O. The summed E-state index contributed by atoms with van der Waals surface area (Å²) in [5.41, 5.74) is 3.56. The van der Waals surface area contributed by atoms with Crippen LogP contribution in [0.1, 0.15) is 24.0 Å². The van der Waals surface area contributed by atoms with Gasteiger partial charge in [0, 0.05) is 39.8 Å². The van der Waals surface area contributed by atoms with Gasteiger partial charge in [0.1, 0.15) is 5.75 Å². The summed E-state index contributed by atoms with van der Waals surface area (Å²) in [5.74, 6) is 1.72. The van der Waals surface area contributed by atoms with E-state index < -0.39 is 0 Å². The molecule has 0 amide bonds. The van der Waals surface area contributed by atoms with Crippen LogP contribution in [0.5, 0.6) is 5.75 Å². The van der Waals surface area contributed by atoms with Crippen LogP contribution in [-0.2, 0) is 0 Å². The molecule has 1 fully saturated rings. The van der Waals surface area contributed by atoms with Crippen molar-refractivity contribution in [3.63, 3.8) is 0 Å². The zero-order valence-electron chi connectivity index (χ0n) is 16.9. The number of piperazine rings is 1. The van der Waals surface area contributed by atoms with E-state index in [2.05, 4.69) is 58.2 Å². The van der Waals surface area contributed by atoms with E-state index in [0.29, 0.717) is 11.7 Å². The topological polar surface area (TPSA) is 51.1 Å². The number of aryl methyl sites for hydroxylation is 1. The highest BCUT2D eigenvalue weighted by Crippen LogP contribution is 2.27. The Morgan fingerprint density at radius 1 is 1.11 bits per heavy atom. The highest BCUT2D eigenvalue weighted by Gasteiger charge is 2.21. The first kappa shape index (κ1) is 22.3. The second kappa shape index (κ2) is 10.5. The Balaban J connectivity index is 0.00000280. The number of phenols is 1. The fourth-order valence-corrected chi connectivity index (χ4v) is 3.56. The summed E-state index contributed by atoms with van der Waals surface area (Å²) in [4.78, 5) is 9.00. The fourth-order valence-electron chi connectivity index (χ4n) is 3.56. The Morgan fingerprint density at radius 3 is 2.46 bits per heavy atom. The third-order valence-corrected chi connectivity index (χ3v) is 5.19. The molecule has 6 heteroatoms. The van der Waals surface area contributed by atoms with Crippen LogP contribution in [0.25, 0.3) is 0 Å². The minimum Gasteiger partial charge on any atom is -0.506 e. The lowest BCUT2D eigenvalue weighted by atomic mass is 9.99. The van der Waals surface area contributed by atoms with Gasteiger partial charge >= 0.3 is 0 Å². The largest absolute Gasteiger partial charge is 0.506 e. The highest BCUT2D eigenvalue weighted by atomic mass is 127. The van der Waals surface area contributed by atoms with Crippen LogP contribution >= 0.6 is 24.0 Å². The number of para-hydroxylation sites is 2. The molecule has 2 N–H and O–H groups in total. The number of rotatable bonds is 4. The molecule has 0 radical (unpaired) electrons. The second-order valence-corrected chi connectivity index (χ2v) is 7.21. The van der Waals surface area contributed by atoms with E-state index in [1.165, 1.54) is 11.1 Å². The molecule has 0 aliphatic carbocycles. The number of nitrogens with zero attached hydrogens (tertiary/aromatic N) is 3. The van der Waals surface area contributed by atoms with E-state index in [1.54, 1.807) is 6.07 Å². The molecule has 0 bridgehead atoms. The Kier molecular flexibility index (Phi) is 8.41. The summed E-state index contributed by atoms with van der Waals surface area (Å²) in [6.45, 7) is 8.73. The van der Waals surface area contributed by atoms with Gasteiger partial charge in [-0.3, -0.25) is 4.99 Å². The smallest absolute Gasteiger partial charge is 0.193 e. The number of benzene rings is 2. The Hall–Kier alpha value is -1.96. The number of nitrogens with one attached hydrogen (secondary N) is 1. The van der Waals surface area contributed by atoms with Gasteiger partial charge in [-0.2, -0.15) is 0 Å². The van der Waals surface area contributed by atoms with Crippen molar-refractivity contribution in [1.82, 2.24) is 10.2 Å². The summed E-state index contributed by atoms with van der Waals surface area (Å²) in [5, 5.41) is 13.6. The normalized spacial score (nSPS) is 15.8.